The highest BCUT2D eigenvalue weighted by molar-refractivity contribution is 5.30. The molecule has 1 aromatic rings. The summed E-state index contributed by atoms with van der Waals surface area (Å²) in [5.74, 6) is 0.984. The van der Waals surface area contributed by atoms with Crippen LogP contribution in [0.15, 0.2) is 29.5 Å². The SMILES string of the molecule is CC1(C)CCC2=C1CCC(C1(C)CCC(O)CC1CO)C2.CNCc1ccc[nH]1. The van der Waals surface area contributed by atoms with E-state index < -0.39 is 0 Å². The molecule has 4 rings (SSSR count). The van der Waals surface area contributed by atoms with Gasteiger partial charge >= 0.3 is 0 Å². The monoisotopic (exact) mass is 402 g/mol. The molecule has 1 heterocycles. The number of allylic oxidation sites excluding steroid dienone is 2. The van der Waals surface area contributed by atoms with E-state index in [4.69, 9.17) is 0 Å². The van der Waals surface area contributed by atoms with Gasteiger partial charge in [-0.1, -0.05) is 31.9 Å². The van der Waals surface area contributed by atoms with Crippen LogP contribution in [0.4, 0.5) is 0 Å². The zero-order chi connectivity index (χ0) is 21.1. The topological polar surface area (TPSA) is 68.3 Å². The maximum Gasteiger partial charge on any atom is 0.0544 e. The summed E-state index contributed by atoms with van der Waals surface area (Å²) in [7, 11) is 1.93. The second-order valence-electron chi connectivity index (χ2n) is 10.4. The molecule has 4 heteroatoms. The molecule has 0 aromatic carbocycles. The molecule has 0 aliphatic heterocycles. The molecule has 3 aliphatic carbocycles. The molecule has 4 nitrogen and oxygen atoms in total. The zero-order valence-electron chi connectivity index (χ0n) is 18.9. The highest BCUT2D eigenvalue weighted by Crippen LogP contribution is 2.56. The van der Waals surface area contributed by atoms with Crippen LogP contribution in [0.25, 0.3) is 0 Å². The fraction of sp³-hybridized carbons (Fsp3) is 0.760. The lowest BCUT2D eigenvalue weighted by Crippen LogP contribution is -2.44. The second-order valence-corrected chi connectivity index (χ2v) is 10.4. The summed E-state index contributed by atoms with van der Waals surface area (Å²) >= 11 is 0. The summed E-state index contributed by atoms with van der Waals surface area (Å²) in [6, 6.07) is 4.04. The minimum absolute atomic E-state index is 0.195. The Balaban J connectivity index is 0.000000252. The van der Waals surface area contributed by atoms with Crippen molar-refractivity contribution in [1.29, 1.82) is 0 Å². The molecule has 4 N–H and O–H groups in total. The van der Waals surface area contributed by atoms with Crippen LogP contribution in [0.3, 0.4) is 0 Å². The lowest BCUT2D eigenvalue weighted by molar-refractivity contribution is -0.0455. The Bertz CT molecular complexity index is 679. The highest BCUT2D eigenvalue weighted by atomic mass is 16.3. The van der Waals surface area contributed by atoms with Crippen molar-refractivity contribution in [3.8, 4) is 0 Å². The third kappa shape index (κ3) is 4.98. The molecule has 1 fully saturated rings. The van der Waals surface area contributed by atoms with Gasteiger partial charge in [0.15, 0.2) is 0 Å². The van der Waals surface area contributed by atoms with Gasteiger partial charge in [-0.05, 0) is 93.2 Å². The minimum Gasteiger partial charge on any atom is -0.396 e. The summed E-state index contributed by atoms with van der Waals surface area (Å²) in [6.45, 7) is 8.36. The minimum atomic E-state index is -0.195. The first-order valence-electron chi connectivity index (χ1n) is 11.6. The van der Waals surface area contributed by atoms with Gasteiger partial charge in [-0.2, -0.15) is 0 Å². The molecule has 164 valence electrons. The van der Waals surface area contributed by atoms with Crippen molar-refractivity contribution in [2.45, 2.75) is 84.8 Å². The summed E-state index contributed by atoms with van der Waals surface area (Å²) in [4.78, 5) is 3.08. The number of aliphatic hydroxyl groups excluding tert-OH is 2. The molecular formula is C25H42N2O2. The molecule has 1 aromatic heterocycles. The smallest absolute Gasteiger partial charge is 0.0544 e. The van der Waals surface area contributed by atoms with Gasteiger partial charge < -0.3 is 20.5 Å². The van der Waals surface area contributed by atoms with Crippen LogP contribution in [0.5, 0.6) is 0 Å². The van der Waals surface area contributed by atoms with E-state index in [2.05, 4.69) is 37.1 Å². The normalized spacial score (nSPS) is 33.8. The number of hydrogen-bond acceptors (Lipinski definition) is 3. The predicted molar refractivity (Wildman–Crippen MR) is 119 cm³/mol. The van der Waals surface area contributed by atoms with Gasteiger partial charge in [0.2, 0.25) is 0 Å². The van der Waals surface area contributed by atoms with Crippen LogP contribution in [0.1, 0.15) is 77.8 Å². The first-order chi connectivity index (χ1) is 13.8. The van der Waals surface area contributed by atoms with Gasteiger partial charge in [-0.25, -0.2) is 0 Å². The third-order valence-electron chi connectivity index (χ3n) is 8.22. The van der Waals surface area contributed by atoms with Crippen molar-refractivity contribution < 1.29 is 10.2 Å². The van der Waals surface area contributed by atoms with E-state index in [0.29, 0.717) is 11.3 Å². The predicted octanol–water partition coefficient (Wildman–Crippen LogP) is 4.80. The fourth-order valence-electron chi connectivity index (χ4n) is 6.15. The molecule has 0 saturated heterocycles. The number of aromatic amines is 1. The van der Waals surface area contributed by atoms with Gasteiger partial charge in [0.05, 0.1) is 6.10 Å². The lowest BCUT2D eigenvalue weighted by Gasteiger charge is -2.49. The van der Waals surface area contributed by atoms with E-state index in [1.807, 2.05) is 19.3 Å². The molecule has 0 spiro atoms. The Hall–Kier alpha value is -1.10. The Morgan fingerprint density at radius 3 is 2.62 bits per heavy atom. The third-order valence-corrected chi connectivity index (χ3v) is 8.22. The molecule has 0 amide bonds. The van der Waals surface area contributed by atoms with E-state index in [0.717, 1.165) is 25.8 Å². The lowest BCUT2D eigenvalue weighted by atomic mass is 9.56. The first kappa shape index (κ1) is 22.6. The van der Waals surface area contributed by atoms with E-state index >= 15 is 0 Å². The number of H-pyrrole nitrogens is 1. The molecule has 4 unspecified atom stereocenters. The van der Waals surface area contributed by atoms with Crippen LogP contribution in [-0.4, -0.2) is 35.0 Å². The Morgan fingerprint density at radius 1 is 1.17 bits per heavy atom. The van der Waals surface area contributed by atoms with Crippen LogP contribution >= 0.6 is 0 Å². The highest BCUT2D eigenvalue weighted by Gasteiger charge is 2.47. The maximum atomic E-state index is 9.94. The average molecular weight is 403 g/mol. The number of aliphatic hydroxyl groups is 2. The Morgan fingerprint density at radius 2 is 1.97 bits per heavy atom. The fourth-order valence-corrected chi connectivity index (χ4v) is 6.15. The molecule has 0 radical (unpaired) electrons. The quantitative estimate of drug-likeness (QED) is 0.547. The standard InChI is InChI=1S/C19H32O2.C6H10N2/c1-18(2)8-6-13-10-14(4-5-17(13)18)19(3)9-7-16(21)11-15(19)12-20;1-7-5-6-3-2-4-8-6/h14-16,20-21H,4-12H2,1-3H3;2-4,7-8H,5H2,1H3. The van der Waals surface area contributed by atoms with Gasteiger partial charge in [-0.3, -0.25) is 0 Å². The van der Waals surface area contributed by atoms with Crippen molar-refractivity contribution in [2.24, 2.45) is 22.7 Å². The number of nitrogens with one attached hydrogen (secondary N) is 2. The average Bonchev–Trinajstić information content (AvgIpc) is 3.32. The van der Waals surface area contributed by atoms with Gasteiger partial charge in [-0.15, -0.1) is 0 Å². The van der Waals surface area contributed by atoms with Crippen molar-refractivity contribution >= 4 is 0 Å². The van der Waals surface area contributed by atoms with Crippen molar-refractivity contribution in [1.82, 2.24) is 10.3 Å². The molecule has 29 heavy (non-hydrogen) atoms. The molecule has 1 saturated carbocycles. The van der Waals surface area contributed by atoms with Crippen molar-refractivity contribution in [3.05, 3.63) is 35.2 Å². The summed E-state index contributed by atoms with van der Waals surface area (Å²) in [5.41, 5.74) is 5.37. The van der Waals surface area contributed by atoms with Crippen LogP contribution in [0.2, 0.25) is 0 Å². The zero-order valence-corrected chi connectivity index (χ0v) is 18.9. The first-order valence-corrected chi connectivity index (χ1v) is 11.6. The summed E-state index contributed by atoms with van der Waals surface area (Å²) < 4.78 is 0. The number of rotatable bonds is 4. The van der Waals surface area contributed by atoms with E-state index in [-0.39, 0.29) is 24.0 Å². The van der Waals surface area contributed by atoms with Gasteiger partial charge in [0, 0.05) is 25.0 Å². The van der Waals surface area contributed by atoms with Crippen molar-refractivity contribution in [2.75, 3.05) is 13.7 Å². The molecular weight excluding hydrogens is 360 g/mol. The molecule has 0 bridgehead atoms. The Kier molecular flexibility index (Phi) is 7.29. The second kappa shape index (κ2) is 9.36. The number of hydrogen-bond donors (Lipinski definition) is 4. The largest absolute Gasteiger partial charge is 0.396 e. The molecule has 3 aliphatic rings. The van der Waals surface area contributed by atoms with E-state index in [9.17, 15) is 10.2 Å². The van der Waals surface area contributed by atoms with E-state index in [1.165, 1.54) is 37.8 Å². The summed E-state index contributed by atoms with van der Waals surface area (Å²) in [6.07, 6.45) is 10.9. The summed E-state index contributed by atoms with van der Waals surface area (Å²) in [5, 5.41) is 22.8. The van der Waals surface area contributed by atoms with Crippen LogP contribution < -0.4 is 5.32 Å². The van der Waals surface area contributed by atoms with E-state index in [1.54, 1.807) is 11.1 Å². The van der Waals surface area contributed by atoms with Crippen LogP contribution in [0, 0.1) is 22.7 Å². The number of aromatic nitrogens is 1. The van der Waals surface area contributed by atoms with Crippen molar-refractivity contribution in [3.63, 3.8) is 0 Å². The van der Waals surface area contributed by atoms with Gasteiger partial charge in [0.25, 0.3) is 0 Å². The molecule has 4 atom stereocenters. The Labute approximate surface area is 177 Å². The van der Waals surface area contributed by atoms with Crippen LogP contribution in [-0.2, 0) is 6.54 Å². The maximum absolute atomic E-state index is 9.94. The van der Waals surface area contributed by atoms with Gasteiger partial charge in [0.1, 0.15) is 0 Å².